The van der Waals surface area contributed by atoms with E-state index in [0.29, 0.717) is 12.1 Å². The maximum atomic E-state index is 11.0. The van der Waals surface area contributed by atoms with Crippen LogP contribution in [0, 0.1) is 0 Å². The summed E-state index contributed by atoms with van der Waals surface area (Å²) in [6, 6.07) is 0.827. The Morgan fingerprint density at radius 1 is 1.53 bits per heavy atom. The van der Waals surface area contributed by atoms with Crippen LogP contribution in [0.25, 0.3) is 0 Å². The predicted molar refractivity (Wildman–Crippen MR) is 56.4 cm³/mol. The Kier molecular flexibility index (Phi) is 3.23. The normalized spacial score (nSPS) is 31.9. The highest BCUT2D eigenvalue weighted by Gasteiger charge is 2.30. The standard InChI is InChI=1S/C10H19N3O2/c1-13(8-5-15-6-8)4-7-2-3-9(12-7)10(11)14/h7-9,12H,2-6H2,1H3,(H2,11,14). The lowest BCUT2D eigenvalue weighted by Crippen LogP contribution is -2.51. The van der Waals surface area contributed by atoms with Gasteiger partial charge in [0.25, 0.3) is 0 Å². The van der Waals surface area contributed by atoms with Crippen LogP contribution < -0.4 is 11.1 Å². The van der Waals surface area contributed by atoms with E-state index < -0.39 is 0 Å². The van der Waals surface area contributed by atoms with Gasteiger partial charge in [0.2, 0.25) is 5.91 Å². The van der Waals surface area contributed by atoms with E-state index in [0.717, 1.165) is 32.6 Å². The third-order valence-electron chi connectivity index (χ3n) is 3.34. The summed E-state index contributed by atoms with van der Waals surface area (Å²) in [7, 11) is 2.10. The van der Waals surface area contributed by atoms with E-state index in [9.17, 15) is 4.79 Å². The molecule has 0 saturated carbocycles. The molecule has 0 bridgehead atoms. The topological polar surface area (TPSA) is 67.6 Å². The molecule has 0 aromatic heterocycles. The second-order valence-corrected chi connectivity index (χ2v) is 4.53. The van der Waals surface area contributed by atoms with Gasteiger partial charge in [-0.05, 0) is 19.9 Å². The Labute approximate surface area is 89.9 Å². The molecule has 0 aliphatic carbocycles. The minimum atomic E-state index is -0.230. The monoisotopic (exact) mass is 213 g/mol. The SMILES string of the molecule is CN(CC1CCC(C(N)=O)N1)C1COC1. The number of primary amides is 1. The number of rotatable bonds is 4. The molecule has 2 aliphatic rings. The van der Waals surface area contributed by atoms with Crippen LogP contribution in [-0.4, -0.2) is 55.7 Å². The number of nitrogens with two attached hydrogens (primary N) is 1. The maximum absolute atomic E-state index is 11.0. The first-order valence-electron chi connectivity index (χ1n) is 5.50. The van der Waals surface area contributed by atoms with Crippen LogP contribution in [0.15, 0.2) is 0 Å². The highest BCUT2D eigenvalue weighted by Crippen LogP contribution is 2.15. The number of hydrogen-bond acceptors (Lipinski definition) is 4. The molecule has 86 valence electrons. The summed E-state index contributed by atoms with van der Waals surface area (Å²) in [6.07, 6.45) is 1.90. The zero-order valence-corrected chi connectivity index (χ0v) is 9.11. The Morgan fingerprint density at radius 2 is 2.27 bits per heavy atom. The summed E-state index contributed by atoms with van der Waals surface area (Å²) < 4.78 is 5.14. The van der Waals surface area contributed by atoms with Crippen molar-refractivity contribution < 1.29 is 9.53 Å². The summed E-state index contributed by atoms with van der Waals surface area (Å²) in [5.74, 6) is -0.230. The van der Waals surface area contributed by atoms with Gasteiger partial charge in [-0.3, -0.25) is 9.69 Å². The van der Waals surface area contributed by atoms with E-state index in [-0.39, 0.29) is 11.9 Å². The van der Waals surface area contributed by atoms with Gasteiger partial charge < -0.3 is 15.8 Å². The third-order valence-corrected chi connectivity index (χ3v) is 3.34. The average Bonchev–Trinajstić information content (AvgIpc) is 2.48. The van der Waals surface area contributed by atoms with Crippen molar-refractivity contribution in [1.82, 2.24) is 10.2 Å². The highest BCUT2D eigenvalue weighted by atomic mass is 16.5. The van der Waals surface area contributed by atoms with Gasteiger partial charge in [0.1, 0.15) is 0 Å². The van der Waals surface area contributed by atoms with Gasteiger partial charge in [-0.1, -0.05) is 0 Å². The number of likely N-dealkylation sites (N-methyl/N-ethyl adjacent to an activating group) is 1. The lowest BCUT2D eigenvalue weighted by atomic mass is 10.1. The largest absolute Gasteiger partial charge is 0.378 e. The molecule has 5 heteroatoms. The van der Waals surface area contributed by atoms with Crippen molar-refractivity contribution in [2.75, 3.05) is 26.8 Å². The van der Waals surface area contributed by atoms with Crippen molar-refractivity contribution in [3.05, 3.63) is 0 Å². The van der Waals surface area contributed by atoms with Crippen LogP contribution in [0.2, 0.25) is 0 Å². The number of nitrogens with zero attached hydrogens (tertiary/aromatic N) is 1. The van der Waals surface area contributed by atoms with Crippen molar-refractivity contribution in [1.29, 1.82) is 0 Å². The van der Waals surface area contributed by atoms with Crippen molar-refractivity contribution >= 4 is 5.91 Å². The first kappa shape index (κ1) is 10.9. The average molecular weight is 213 g/mol. The number of carbonyl (C=O) groups is 1. The molecular formula is C10H19N3O2. The molecule has 0 radical (unpaired) electrons. The van der Waals surface area contributed by atoms with E-state index in [1.54, 1.807) is 0 Å². The van der Waals surface area contributed by atoms with Crippen molar-refractivity contribution in [2.45, 2.75) is 31.0 Å². The Hall–Kier alpha value is -0.650. The van der Waals surface area contributed by atoms with Crippen LogP contribution in [0.1, 0.15) is 12.8 Å². The molecule has 0 spiro atoms. The molecule has 5 nitrogen and oxygen atoms in total. The number of amides is 1. The molecule has 2 aliphatic heterocycles. The fraction of sp³-hybridized carbons (Fsp3) is 0.900. The lowest BCUT2D eigenvalue weighted by Gasteiger charge is -2.36. The van der Waals surface area contributed by atoms with Gasteiger partial charge in [0, 0.05) is 12.6 Å². The molecule has 3 N–H and O–H groups in total. The van der Waals surface area contributed by atoms with Gasteiger partial charge in [-0.2, -0.15) is 0 Å². The fourth-order valence-corrected chi connectivity index (χ4v) is 2.16. The van der Waals surface area contributed by atoms with Crippen LogP contribution in [0.4, 0.5) is 0 Å². The second kappa shape index (κ2) is 4.47. The molecule has 2 atom stereocenters. The fourth-order valence-electron chi connectivity index (χ4n) is 2.16. The summed E-state index contributed by atoms with van der Waals surface area (Å²) in [4.78, 5) is 13.3. The lowest BCUT2D eigenvalue weighted by molar-refractivity contribution is -0.119. The van der Waals surface area contributed by atoms with Crippen molar-refractivity contribution in [2.24, 2.45) is 5.73 Å². The van der Waals surface area contributed by atoms with E-state index in [1.807, 2.05) is 0 Å². The van der Waals surface area contributed by atoms with Crippen molar-refractivity contribution in [3.8, 4) is 0 Å². The Balaban J connectivity index is 1.74. The molecule has 2 fully saturated rings. The van der Waals surface area contributed by atoms with Gasteiger partial charge in [0.15, 0.2) is 0 Å². The quantitative estimate of drug-likeness (QED) is 0.623. The van der Waals surface area contributed by atoms with Crippen LogP contribution in [0.5, 0.6) is 0 Å². The maximum Gasteiger partial charge on any atom is 0.234 e. The van der Waals surface area contributed by atoms with Gasteiger partial charge in [0.05, 0.1) is 25.3 Å². The molecular weight excluding hydrogens is 194 g/mol. The zero-order valence-electron chi connectivity index (χ0n) is 9.11. The minimum absolute atomic E-state index is 0.124. The number of carbonyl (C=O) groups excluding carboxylic acids is 1. The smallest absolute Gasteiger partial charge is 0.234 e. The van der Waals surface area contributed by atoms with E-state index in [4.69, 9.17) is 10.5 Å². The summed E-state index contributed by atoms with van der Waals surface area (Å²) in [5.41, 5.74) is 5.25. The first-order chi connectivity index (χ1) is 7.16. The van der Waals surface area contributed by atoms with Crippen molar-refractivity contribution in [3.63, 3.8) is 0 Å². The van der Waals surface area contributed by atoms with Gasteiger partial charge in [-0.15, -0.1) is 0 Å². The Morgan fingerprint density at radius 3 is 2.73 bits per heavy atom. The summed E-state index contributed by atoms with van der Waals surface area (Å²) >= 11 is 0. The molecule has 1 amide bonds. The van der Waals surface area contributed by atoms with E-state index in [2.05, 4.69) is 17.3 Å². The second-order valence-electron chi connectivity index (χ2n) is 4.53. The van der Waals surface area contributed by atoms with Crippen LogP contribution in [0.3, 0.4) is 0 Å². The molecule has 2 rings (SSSR count). The molecule has 15 heavy (non-hydrogen) atoms. The Bertz CT molecular complexity index is 243. The first-order valence-corrected chi connectivity index (χ1v) is 5.50. The number of nitrogens with one attached hydrogen (secondary N) is 1. The molecule has 2 saturated heterocycles. The third kappa shape index (κ3) is 2.48. The van der Waals surface area contributed by atoms with Gasteiger partial charge >= 0.3 is 0 Å². The molecule has 2 unspecified atom stereocenters. The van der Waals surface area contributed by atoms with Crippen LogP contribution in [-0.2, 0) is 9.53 Å². The summed E-state index contributed by atoms with van der Waals surface area (Å²) in [6.45, 7) is 2.64. The molecule has 0 aromatic carbocycles. The number of hydrogen-bond donors (Lipinski definition) is 2. The van der Waals surface area contributed by atoms with Gasteiger partial charge in [-0.25, -0.2) is 0 Å². The van der Waals surface area contributed by atoms with E-state index in [1.165, 1.54) is 0 Å². The summed E-state index contributed by atoms with van der Waals surface area (Å²) in [5, 5.41) is 3.27. The molecule has 2 heterocycles. The zero-order chi connectivity index (χ0) is 10.8. The molecule has 0 aromatic rings. The number of ether oxygens (including phenoxy) is 1. The predicted octanol–water partition coefficient (Wildman–Crippen LogP) is -1.08. The minimum Gasteiger partial charge on any atom is -0.378 e. The van der Waals surface area contributed by atoms with Crippen LogP contribution >= 0.6 is 0 Å². The van der Waals surface area contributed by atoms with E-state index >= 15 is 0 Å². The highest BCUT2D eigenvalue weighted by molar-refractivity contribution is 5.80.